The van der Waals surface area contributed by atoms with Crippen molar-refractivity contribution in [2.75, 3.05) is 13.2 Å². The summed E-state index contributed by atoms with van der Waals surface area (Å²) in [4.78, 5) is 25.0. The second-order valence-corrected chi connectivity index (χ2v) is 6.32. The Balaban J connectivity index is 1.71. The van der Waals surface area contributed by atoms with Gasteiger partial charge in [0.25, 0.3) is 11.8 Å². The van der Waals surface area contributed by atoms with Gasteiger partial charge in [-0.15, -0.1) is 0 Å². The number of hydrogen-bond acceptors (Lipinski definition) is 4. The maximum absolute atomic E-state index is 12.5. The van der Waals surface area contributed by atoms with E-state index in [9.17, 15) is 9.59 Å². The largest absolute Gasteiger partial charge is 0.465 e. The number of carbonyl (C=O) groups is 2. The molecule has 7 heteroatoms. The lowest BCUT2D eigenvalue weighted by Gasteiger charge is -2.13. The van der Waals surface area contributed by atoms with Crippen LogP contribution in [0.3, 0.4) is 0 Å². The molecule has 1 saturated heterocycles. The number of rotatable bonds is 6. The van der Waals surface area contributed by atoms with Crippen molar-refractivity contribution in [1.29, 1.82) is 0 Å². The molecule has 136 valence electrons. The Bertz CT molecular complexity index is 778. The van der Waals surface area contributed by atoms with Gasteiger partial charge in [0.1, 0.15) is 11.5 Å². The highest BCUT2D eigenvalue weighted by molar-refractivity contribution is 6.30. The number of ether oxygens (including phenoxy) is 1. The summed E-state index contributed by atoms with van der Waals surface area (Å²) < 4.78 is 10.7. The lowest BCUT2D eigenvalue weighted by Crippen LogP contribution is -2.38. The summed E-state index contributed by atoms with van der Waals surface area (Å²) in [6.07, 6.45) is 4.89. The van der Waals surface area contributed by atoms with Crippen LogP contribution in [-0.4, -0.2) is 31.1 Å². The highest BCUT2D eigenvalue weighted by atomic mass is 35.5. The molecule has 2 N–H and O–H groups in total. The van der Waals surface area contributed by atoms with E-state index >= 15 is 0 Å². The van der Waals surface area contributed by atoms with Crippen LogP contribution in [0.25, 0.3) is 6.08 Å². The maximum atomic E-state index is 12.5. The van der Waals surface area contributed by atoms with E-state index < -0.39 is 11.8 Å². The molecule has 2 aromatic rings. The quantitative estimate of drug-likeness (QED) is 0.762. The highest BCUT2D eigenvalue weighted by Crippen LogP contribution is 2.13. The van der Waals surface area contributed by atoms with Crippen molar-refractivity contribution in [3.63, 3.8) is 0 Å². The van der Waals surface area contributed by atoms with Crippen molar-refractivity contribution in [2.45, 2.75) is 18.9 Å². The Morgan fingerprint density at radius 2 is 2.04 bits per heavy atom. The van der Waals surface area contributed by atoms with Crippen molar-refractivity contribution in [1.82, 2.24) is 10.6 Å². The van der Waals surface area contributed by atoms with Crippen molar-refractivity contribution in [2.24, 2.45) is 0 Å². The maximum Gasteiger partial charge on any atom is 0.268 e. The van der Waals surface area contributed by atoms with Gasteiger partial charge in [0.15, 0.2) is 0 Å². The zero-order valence-electron chi connectivity index (χ0n) is 14.0. The van der Waals surface area contributed by atoms with Gasteiger partial charge in [-0.1, -0.05) is 11.6 Å². The molecule has 0 saturated carbocycles. The second kappa shape index (κ2) is 8.69. The molecular formula is C19H19ClN2O4. The Morgan fingerprint density at radius 1 is 1.23 bits per heavy atom. The third-order valence-electron chi connectivity index (χ3n) is 3.94. The summed E-state index contributed by atoms with van der Waals surface area (Å²) in [6.45, 7) is 1.11. The Hall–Kier alpha value is -2.57. The average Bonchev–Trinajstić information content (AvgIpc) is 3.33. The van der Waals surface area contributed by atoms with Crippen LogP contribution in [-0.2, 0) is 9.53 Å². The number of hydrogen-bond donors (Lipinski definition) is 2. The number of furan rings is 1. The van der Waals surface area contributed by atoms with Gasteiger partial charge >= 0.3 is 0 Å². The first-order valence-corrected chi connectivity index (χ1v) is 8.71. The fourth-order valence-corrected chi connectivity index (χ4v) is 2.70. The molecule has 1 fully saturated rings. The topological polar surface area (TPSA) is 80.6 Å². The summed E-state index contributed by atoms with van der Waals surface area (Å²) in [6, 6.07) is 9.81. The molecule has 1 aliphatic heterocycles. The molecule has 0 aliphatic carbocycles. The van der Waals surface area contributed by atoms with E-state index in [4.69, 9.17) is 20.8 Å². The minimum absolute atomic E-state index is 0.00998. The molecule has 1 atom stereocenters. The van der Waals surface area contributed by atoms with Crippen molar-refractivity contribution in [3.8, 4) is 0 Å². The predicted octanol–water partition coefficient (Wildman–Crippen LogP) is 3.00. The Labute approximate surface area is 156 Å². The van der Waals surface area contributed by atoms with Gasteiger partial charge in [-0.25, -0.2) is 0 Å². The zero-order valence-corrected chi connectivity index (χ0v) is 14.8. The van der Waals surface area contributed by atoms with Crippen molar-refractivity contribution in [3.05, 3.63) is 64.7 Å². The van der Waals surface area contributed by atoms with Crippen LogP contribution in [0, 0.1) is 0 Å². The van der Waals surface area contributed by atoms with Crippen LogP contribution in [0.2, 0.25) is 5.02 Å². The number of benzene rings is 1. The van der Waals surface area contributed by atoms with Crippen molar-refractivity contribution < 1.29 is 18.7 Å². The monoisotopic (exact) mass is 374 g/mol. The van der Waals surface area contributed by atoms with E-state index in [2.05, 4.69) is 10.6 Å². The molecule has 6 nitrogen and oxygen atoms in total. The third kappa shape index (κ3) is 4.97. The molecule has 26 heavy (non-hydrogen) atoms. The van der Waals surface area contributed by atoms with Crippen LogP contribution in [0.5, 0.6) is 0 Å². The van der Waals surface area contributed by atoms with E-state index in [-0.39, 0.29) is 11.8 Å². The molecule has 0 bridgehead atoms. The fraction of sp³-hybridized carbons (Fsp3) is 0.263. The van der Waals surface area contributed by atoms with E-state index in [0.717, 1.165) is 12.8 Å². The summed E-state index contributed by atoms with van der Waals surface area (Å²) in [5, 5.41) is 5.96. The first-order valence-electron chi connectivity index (χ1n) is 8.34. The lowest BCUT2D eigenvalue weighted by molar-refractivity contribution is -0.118. The molecule has 0 spiro atoms. The molecule has 2 amide bonds. The van der Waals surface area contributed by atoms with Crippen LogP contribution in [0.4, 0.5) is 0 Å². The second-order valence-electron chi connectivity index (χ2n) is 5.88. The number of carbonyl (C=O) groups excluding carboxylic acids is 2. The van der Waals surface area contributed by atoms with Crippen molar-refractivity contribution >= 4 is 29.5 Å². The van der Waals surface area contributed by atoms with Crippen LogP contribution in [0.15, 0.2) is 52.8 Å². The predicted molar refractivity (Wildman–Crippen MR) is 97.6 cm³/mol. The van der Waals surface area contributed by atoms with E-state index in [1.165, 1.54) is 12.3 Å². The number of nitrogens with one attached hydrogen (secondary N) is 2. The number of halogens is 1. The SMILES string of the molecule is O=C(NC[C@@H]1CCCO1)/C(=C/c1ccco1)NC(=O)c1ccc(Cl)cc1. The van der Waals surface area contributed by atoms with Gasteiger partial charge in [-0.2, -0.15) is 0 Å². The standard InChI is InChI=1S/C19H19ClN2O4/c20-14-7-5-13(6-8-14)18(23)22-17(11-15-3-1-9-25-15)19(24)21-12-16-4-2-10-26-16/h1,3,5-9,11,16H,2,4,10,12H2,(H,21,24)(H,22,23)/b17-11-/t16-/m0/s1. The third-order valence-corrected chi connectivity index (χ3v) is 4.20. The minimum Gasteiger partial charge on any atom is -0.465 e. The molecule has 1 aromatic carbocycles. The molecular weight excluding hydrogens is 356 g/mol. The van der Waals surface area contributed by atoms with Crippen LogP contribution in [0.1, 0.15) is 29.0 Å². The van der Waals surface area contributed by atoms with Crippen LogP contribution >= 0.6 is 11.6 Å². The van der Waals surface area contributed by atoms with E-state index in [0.29, 0.717) is 29.5 Å². The summed E-state index contributed by atoms with van der Waals surface area (Å²) >= 11 is 5.84. The molecule has 3 rings (SSSR count). The molecule has 0 unspecified atom stereocenters. The molecule has 1 aliphatic rings. The zero-order chi connectivity index (χ0) is 18.4. The van der Waals surface area contributed by atoms with Crippen LogP contribution < -0.4 is 10.6 Å². The summed E-state index contributed by atoms with van der Waals surface area (Å²) in [7, 11) is 0. The number of amides is 2. The summed E-state index contributed by atoms with van der Waals surface area (Å²) in [5.74, 6) is -0.352. The minimum atomic E-state index is -0.410. The summed E-state index contributed by atoms with van der Waals surface area (Å²) in [5.41, 5.74) is 0.490. The highest BCUT2D eigenvalue weighted by Gasteiger charge is 2.19. The first kappa shape index (κ1) is 18.2. The Morgan fingerprint density at radius 3 is 2.69 bits per heavy atom. The van der Waals surface area contributed by atoms with E-state index in [1.54, 1.807) is 36.4 Å². The van der Waals surface area contributed by atoms with Gasteiger partial charge in [0.2, 0.25) is 0 Å². The van der Waals surface area contributed by atoms with Gasteiger partial charge in [-0.05, 0) is 49.2 Å². The van der Waals surface area contributed by atoms with E-state index in [1.807, 2.05) is 0 Å². The average molecular weight is 375 g/mol. The smallest absolute Gasteiger partial charge is 0.268 e. The molecule has 0 radical (unpaired) electrons. The van der Waals surface area contributed by atoms with Gasteiger partial charge in [-0.3, -0.25) is 9.59 Å². The van der Waals surface area contributed by atoms with Gasteiger partial charge in [0, 0.05) is 29.8 Å². The lowest BCUT2D eigenvalue weighted by atomic mass is 10.2. The Kier molecular flexibility index (Phi) is 6.09. The van der Waals surface area contributed by atoms with Gasteiger partial charge in [0.05, 0.1) is 12.4 Å². The first-order chi connectivity index (χ1) is 12.6. The molecule has 2 heterocycles. The molecule has 1 aromatic heterocycles. The fourth-order valence-electron chi connectivity index (χ4n) is 2.58. The van der Waals surface area contributed by atoms with Gasteiger partial charge < -0.3 is 19.8 Å². The normalized spacial score (nSPS) is 17.1.